The maximum absolute atomic E-state index is 5.67. The van der Waals surface area contributed by atoms with Crippen LogP contribution in [0.2, 0.25) is 0 Å². The van der Waals surface area contributed by atoms with Crippen LogP contribution in [0.5, 0.6) is 0 Å². The number of aromatic nitrogens is 1. The summed E-state index contributed by atoms with van der Waals surface area (Å²) in [5, 5.41) is 6.93. The maximum Gasteiger partial charge on any atom is 0.188 e. The van der Waals surface area contributed by atoms with Crippen molar-refractivity contribution >= 4 is 29.9 Å². The van der Waals surface area contributed by atoms with Crippen molar-refractivity contribution < 1.29 is 9.26 Å². The summed E-state index contributed by atoms with van der Waals surface area (Å²) < 4.78 is 9.95. The van der Waals surface area contributed by atoms with Crippen molar-refractivity contribution in [3.63, 3.8) is 0 Å². The van der Waals surface area contributed by atoms with Crippen LogP contribution in [0.1, 0.15) is 17.0 Å². The lowest BCUT2D eigenvalue weighted by Crippen LogP contribution is -2.33. The molecule has 0 unspecified atom stereocenters. The van der Waals surface area contributed by atoms with Crippen molar-refractivity contribution in [3.8, 4) is 0 Å². The van der Waals surface area contributed by atoms with E-state index >= 15 is 0 Å². The minimum Gasteiger partial charge on any atom is -0.383 e. The fourth-order valence-corrected chi connectivity index (χ4v) is 1.49. The number of hydrogen-bond donors (Lipinski definition) is 2. The summed E-state index contributed by atoms with van der Waals surface area (Å²) in [5.74, 6) is 1.30. The molecular formula is C11H21IN4O2. The molecule has 0 amide bonds. The number of hydrogen-bond acceptors (Lipinski definition) is 4. The van der Waals surface area contributed by atoms with Crippen molar-refractivity contribution in [2.24, 2.45) is 10.7 Å². The van der Waals surface area contributed by atoms with Gasteiger partial charge in [0.05, 0.1) is 18.8 Å². The van der Waals surface area contributed by atoms with Gasteiger partial charge in [-0.25, -0.2) is 0 Å². The second-order valence-corrected chi connectivity index (χ2v) is 3.74. The standard InChI is InChI=1S/C11H20N4O2.HI/c1-8-10(9(2)17-15-8)4-5-13-11(12)14-6-7-16-3;/h4-7H2,1-3H3,(H3,12,13,14);1H. The SMILES string of the molecule is COCCN=C(N)NCCc1c(C)noc1C.I. The monoisotopic (exact) mass is 368 g/mol. The zero-order chi connectivity index (χ0) is 12.7. The number of nitrogens with two attached hydrogens (primary N) is 1. The molecule has 3 N–H and O–H groups in total. The van der Waals surface area contributed by atoms with E-state index in [0.29, 0.717) is 25.7 Å². The Morgan fingerprint density at radius 1 is 1.50 bits per heavy atom. The van der Waals surface area contributed by atoms with Crippen LogP contribution in [0.3, 0.4) is 0 Å². The van der Waals surface area contributed by atoms with Crippen LogP contribution >= 0.6 is 24.0 Å². The predicted octanol–water partition coefficient (Wildman–Crippen LogP) is 1.00. The van der Waals surface area contributed by atoms with Gasteiger partial charge < -0.3 is 20.3 Å². The van der Waals surface area contributed by atoms with Gasteiger partial charge in [0.25, 0.3) is 0 Å². The highest BCUT2D eigenvalue weighted by Crippen LogP contribution is 2.11. The Kier molecular flexibility index (Phi) is 8.73. The Hall–Kier alpha value is -0.830. The Labute approximate surface area is 124 Å². The second kappa shape index (κ2) is 9.15. The molecule has 0 aliphatic heterocycles. The van der Waals surface area contributed by atoms with Crippen LogP contribution < -0.4 is 11.1 Å². The first-order chi connectivity index (χ1) is 8.15. The van der Waals surface area contributed by atoms with Crippen LogP contribution in [0.4, 0.5) is 0 Å². The van der Waals surface area contributed by atoms with Gasteiger partial charge in [-0.2, -0.15) is 0 Å². The summed E-state index contributed by atoms with van der Waals surface area (Å²) >= 11 is 0. The molecule has 0 atom stereocenters. The van der Waals surface area contributed by atoms with E-state index in [2.05, 4.69) is 15.5 Å². The van der Waals surface area contributed by atoms with E-state index in [-0.39, 0.29) is 24.0 Å². The lowest BCUT2D eigenvalue weighted by molar-refractivity contribution is 0.208. The van der Waals surface area contributed by atoms with Crippen molar-refractivity contribution in [2.45, 2.75) is 20.3 Å². The molecule has 1 heterocycles. The topological polar surface area (TPSA) is 85.7 Å². The van der Waals surface area contributed by atoms with Gasteiger partial charge in [-0.3, -0.25) is 4.99 Å². The number of ether oxygens (including phenoxy) is 1. The van der Waals surface area contributed by atoms with Crippen molar-refractivity contribution in [1.29, 1.82) is 0 Å². The lowest BCUT2D eigenvalue weighted by atomic mass is 10.1. The average Bonchev–Trinajstić information content (AvgIpc) is 2.61. The smallest absolute Gasteiger partial charge is 0.188 e. The first kappa shape index (κ1) is 17.2. The van der Waals surface area contributed by atoms with Crippen LogP contribution in [-0.2, 0) is 11.2 Å². The molecule has 104 valence electrons. The minimum atomic E-state index is 0. The highest BCUT2D eigenvalue weighted by atomic mass is 127. The van der Waals surface area contributed by atoms with E-state index in [1.165, 1.54) is 0 Å². The number of aliphatic imine (C=N–C) groups is 1. The number of guanidine groups is 1. The molecule has 1 aromatic rings. The molecular weight excluding hydrogens is 347 g/mol. The largest absolute Gasteiger partial charge is 0.383 e. The van der Waals surface area contributed by atoms with Crippen LogP contribution in [0.25, 0.3) is 0 Å². The molecule has 0 spiro atoms. The number of methoxy groups -OCH3 is 1. The van der Waals surface area contributed by atoms with Gasteiger partial charge in [0.2, 0.25) is 0 Å². The zero-order valence-corrected chi connectivity index (χ0v) is 13.4. The molecule has 0 radical (unpaired) electrons. The summed E-state index contributed by atoms with van der Waals surface area (Å²) in [7, 11) is 1.64. The molecule has 0 bridgehead atoms. The van der Waals surface area contributed by atoms with Crippen LogP contribution in [-0.4, -0.2) is 37.9 Å². The second-order valence-electron chi connectivity index (χ2n) is 3.74. The third-order valence-electron chi connectivity index (χ3n) is 2.44. The van der Waals surface area contributed by atoms with E-state index < -0.39 is 0 Å². The summed E-state index contributed by atoms with van der Waals surface area (Å²) in [6.07, 6.45) is 0.821. The first-order valence-electron chi connectivity index (χ1n) is 5.59. The maximum atomic E-state index is 5.67. The van der Waals surface area contributed by atoms with E-state index in [4.69, 9.17) is 15.0 Å². The molecule has 0 aliphatic carbocycles. The molecule has 7 heteroatoms. The zero-order valence-electron chi connectivity index (χ0n) is 11.0. The Balaban J connectivity index is 0.00000289. The Morgan fingerprint density at radius 3 is 2.78 bits per heavy atom. The summed E-state index contributed by atoms with van der Waals surface area (Å²) in [6.45, 7) is 5.70. The first-order valence-corrected chi connectivity index (χ1v) is 5.59. The average molecular weight is 368 g/mol. The third-order valence-corrected chi connectivity index (χ3v) is 2.44. The van der Waals surface area contributed by atoms with Gasteiger partial charge in [-0.1, -0.05) is 5.16 Å². The van der Waals surface area contributed by atoms with E-state index in [1.807, 2.05) is 13.8 Å². The molecule has 1 aromatic heterocycles. The van der Waals surface area contributed by atoms with Crippen molar-refractivity contribution in [1.82, 2.24) is 10.5 Å². The van der Waals surface area contributed by atoms with Crippen molar-refractivity contribution in [2.75, 3.05) is 26.8 Å². The van der Waals surface area contributed by atoms with Crippen LogP contribution in [0.15, 0.2) is 9.52 Å². The summed E-state index contributed by atoms with van der Waals surface area (Å²) in [6, 6.07) is 0. The van der Waals surface area contributed by atoms with Crippen molar-refractivity contribution in [3.05, 3.63) is 17.0 Å². The normalized spacial score (nSPS) is 11.2. The lowest BCUT2D eigenvalue weighted by Gasteiger charge is -2.05. The highest BCUT2D eigenvalue weighted by molar-refractivity contribution is 14.0. The van der Waals surface area contributed by atoms with Gasteiger partial charge in [0, 0.05) is 19.2 Å². The van der Waals surface area contributed by atoms with Gasteiger partial charge >= 0.3 is 0 Å². The Morgan fingerprint density at radius 2 is 2.22 bits per heavy atom. The van der Waals surface area contributed by atoms with Gasteiger partial charge in [-0.05, 0) is 20.3 Å². The third kappa shape index (κ3) is 5.67. The van der Waals surface area contributed by atoms with Gasteiger partial charge in [0.15, 0.2) is 5.96 Å². The number of aryl methyl sites for hydroxylation is 2. The molecule has 0 saturated heterocycles. The minimum absolute atomic E-state index is 0. The molecule has 0 saturated carbocycles. The van der Waals surface area contributed by atoms with E-state index in [1.54, 1.807) is 7.11 Å². The molecule has 0 aliphatic rings. The number of nitrogens with zero attached hydrogens (tertiary/aromatic N) is 2. The van der Waals surface area contributed by atoms with E-state index in [9.17, 15) is 0 Å². The fraction of sp³-hybridized carbons (Fsp3) is 0.636. The molecule has 0 aromatic carbocycles. The van der Waals surface area contributed by atoms with Gasteiger partial charge in [0.1, 0.15) is 5.76 Å². The fourth-order valence-electron chi connectivity index (χ4n) is 1.49. The van der Waals surface area contributed by atoms with E-state index in [0.717, 1.165) is 23.4 Å². The van der Waals surface area contributed by atoms with Gasteiger partial charge in [-0.15, -0.1) is 24.0 Å². The molecule has 0 fully saturated rings. The Bertz CT molecular complexity index is 360. The quantitative estimate of drug-likeness (QED) is 0.339. The van der Waals surface area contributed by atoms with Crippen LogP contribution in [0, 0.1) is 13.8 Å². The number of nitrogens with one attached hydrogen (secondary N) is 1. The molecule has 1 rings (SSSR count). The number of rotatable bonds is 6. The predicted molar refractivity (Wildman–Crippen MR) is 81.5 cm³/mol. The highest BCUT2D eigenvalue weighted by Gasteiger charge is 2.07. The molecule has 6 nitrogen and oxygen atoms in total. The number of halogens is 1. The summed E-state index contributed by atoms with van der Waals surface area (Å²) in [5.41, 5.74) is 7.73. The molecule has 18 heavy (non-hydrogen) atoms. The summed E-state index contributed by atoms with van der Waals surface area (Å²) in [4.78, 5) is 4.10.